The molecule has 1 amide bonds. The average molecular weight is 327 g/mol. The van der Waals surface area contributed by atoms with Crippen molar-refractivity contribution in [1.82, 2.24) is 15.0 Å². The number of rotatable bonds is 5. The second-order valence-corrected chi connectivity index (χ2v) is 5.87. The zero-order valence-corrected chi connectivity index (χ0v) is 13.5. The van der Waals surface area contributed by atoms with Gasteiger partial charge in [0, 0.05) is 37.2 Å². The largest absolute Gasteiger partial charge is 0.450 e. The van der Waals surface area contributed by atoms with Crippen molar-refractivity contribution in [2.45, 2.75) is 19.3 Å². The fourth-order valence-corrected chi connectivity index (χ4v) is 2.94. The van der Waals surface area contributed by atoms with E-state index in [0.717, 1.165) is 43.7 Å². The zero-order chi connectivity index (χ0) is 16.8. The van der Waals surface area contributed by atoms with E-state index in [1.165, 1.54) is 0 Å². The summed E-state index contributed by atoms with van der Waals surface area (Å²) < 4.78 is 4.82. The molecule has 0 radical (unpaired) electrons. The third kappa shape index (κ3) is 4.18. The van der Waals surface area contributed by atoms with Crippen LogP contribution in [0, 0.1) is 5.92 Å². The summed E-state index contributed by atoms with van der Waals surface area (Å²) in [7, 11) is 0. The van der Waals surface area contributed by atoms with Gasteiger partial charge in [-0.3, -0.25) is 4.98 Å². The maximum absolute atomic E-state index is 10.6. The lowest BCUT2D eigenvalue weighted by Gasteiger charge is -2.32. The van der Waals surface area contributed by atoms with Crippen LogP contribution in [0.3, 0.4) is 0 Å². The number of piperidine rings is 1. The molecule has 0 aromatic carbocycles. The molecular weight excluding hydrogens is 306 g/mol. The van der Waals surface area contributed by atoms with E-state index < -0.39 is 6.09 Å². The number of carbonyl (C=O) groups is 1. The molecule has 0 unspecified atom stereocenters. The molecule has 7 nitrogen and oxygen atoms in total. The summed E-state index contributed by atoms with van der Waals surface area (Å²) in [6, 6.07) is 5.78. The molecule has 1 fully saturated rings. The van der Waals surface area contributed by atoms with Gasteiger partial charge < -0.3 is 15.4 Å². The standard InChI is InChI=1S/C17H21N5O2/c18-17(23)24-11-6-13-4-9-22(10-5-13)15-3-8-20-16(21-15)14-2-1-7-19-12-14/h1-3,7-8,12-13H,4-6,9-11H2,(H2,18,23). The quantitative estimate of drug-likeness (QED) is 0.905. The first-order chi connectivity index (χ1) is 11.7. The number of hydrogen-bond acceptors (Lipinski definition) is 6. The van der Waals surface area contributed by atoms with Gasteiger partial charge in [-0.05, 0) is 43.4 Å². The van der Waals surface area contributed by atoms with Gasteiger partial charge in [0.1, 0.15) is 5.82 Å². The number of aromatic nitrogens is 3. The van der Waals surface area contributed by atoms with Gasteiger partial charge in [-0.2, -0.15) is 0 Å². The van der Waals surface area contributed by atoms with E-state index in [2.05, 4.69) is 19.9 Å². The number of amides is 1. The third-order valence-electron chi connectivity index (χ3n) is 4.27. The van der Waals surface area contributed by atoms with E-state index in [-0.39, 0.29) is 0 Å². The zero-order valence-electron chi connectivity index (χ0n) is 13.5. The highest BCUT2D eigenvalue weighted by Gasteiger charge is 2.20. The first-order valence-corrected chi connectivity index (χ1v) is 8.13. The molecule has 0 saturated carbocycles. The molecule has 126 valence electrons. The monoisotopic (exact) mass is 327 g/mol. The smallest absolute Gasteiger partial charge is 0.404 e. The highest BCUT2D eigenvalue weighted by atomic mass is 16.5. The van der Waals surface area contributed by atoms with E-state index in [9.17, 15) is 4.79 Å². The lowest BCUT2D eigenvalue weighted by molar-refractivity contribution is 0.146. The summed E-state index contributed by atoms with van der Waals surface area (Å²) in [4.78, 5) is 26.0. The topological polar surface area (TPSA) is 94.2 Å². The second-order valence-electron chi connectivity index (χ2n) is 5.87. The van der Waals surface area contributed by atoms with Gasteiger partial charge in [0.2, 0.25) is 0 Å². The van der Waals surface area contributed by atoms with Crippen LogP contribution in [-0.2, 0) is 4.74 Å². The molecule has 24 heavy (non-hydrogen) atoms. The van der Waals surface area contributed by atoms with Crippen LogP contribution in [0.4, 0.5) is 10.6 Å². The summed E-state index contributed by atoms with van der Waals surface area (Å²) in [6.07, 6.45) is 7.56. The Hall–Kier alpha value is -2.70. The maximum atomic E-state index is 10.6. The Morgan fingerprint density at radius 1 is 1.29 bits per heavy atom. The van der Waals surface area contributed by atoms with Crippen LogP contribution in [0.5, 0.6) is 0 Å². The molecule has 2 N–H and O–H groups in total. The van der Waals surface area contributed by atoms with Crippen LogP contribution >= 0.6 is 0 Å². The minimum absolute atomic E-state index is 0.401. The van der Waals surface area contributed by atoms with Gasteiger partial charge >= 0.3 is 6.09 Å². The van der Waals surface area contributed by atoms with Crippen LogP contribution in [0.1, 0.15) is 19.3 Å². The van der Waals surface area contributed by atoms with Crippen LogP contribution in [-0.4, -0.2) is 40.7 Å². The molecule has 0 spiro atoms. The maximum Gasteiger partial charge on any atom is 0.404 e. The molecule has 0 aliphatic carbocycles. The van der Waals surface area contributed by atoms with Gasteiger partial charge in [0.05, 0.1) is 6.61 Å². The number of primary amides is 1. The Kier molecular flexibility index (Phi) is 5.20. The average Bonchev–Trinajstić information content (AvgIpc) is 2.63. The predicted molar refractivity (Wildman–Crippen MR) is 90.4 cm³/mol. The van der Waals surface area contributed by atoms with Crippen LogP contribution in [0.15, 0.2) is 36.8 Å². The molecule has 3 heterocycles. The van der Waals surface area contributed by atoms with Crippen LogP contribution in [0.25, 0.3) is 11.4 Å². The highest BCUT2D eigenvalue weighted by molar-refractivity contribution is 5.64. The molecule has 0 atom stereocenters. The van der Waals surface area contributed by atoms with E-state index in [1.54, 1.807) is 18.6 Å². The second kappa shape index (κ2) is 7.72. The van der Waals surface area contributed by atoms with E-state index in [0.29, 0.717) is 18.3 Å². The van der Waals surface area contributed by atoms with Gasteiger partial charge in [-0.15, -0.1) is 0 Å². The van der Waals surface area contributed by atoms with Crippen molar-refractivity contribution in [3.05, 3.63) is 36.8 Å². The molecule has 2 aromatic heterocycles. The SMILES string of the molecule is NC(=O)OCCC1CCN(c2ccnc(-c3cccnc3)n2)CC1. The highest BCUT2D eigenvalue weighted by Crippen LogP contribution is 2.25. The van der Waals surface area contributed by atoms with Crippen molar-refractivity contribution in [2.75, 3.05) is 24.6 Å². The third-order valence-corrected chi connectivity index (χ3v) is 4.27. The van der Waals surface area contributed by atoms with Crippen molar-refractivity contribution in [3.63, 3.8) is 0 Å². The van der Waals surface area contributed by atoms with Crippen molar-refractivity contribution in [2.24, 2.45) is 11.7 Å². The minimum Gasteiger partial charge on any atom is -0.450 e. The Morgan fingerprint density at radius 2 is 2.12 bits per heavy atom. The molecule has 7 heteroatoms. The number of nitrogens with zero attached hydrogens (tertiary/aromatic N) is 4. The summed E-state index contributed by atoms with van der Waals surface area (Å²) in [5.74, 6) is 2.19. The van der Waals surface area contributed by atoms with Crippen LogP contribution < -0.4 is 10.6 Å². The Morgan fingerprint density at radius 3 is 2.83 bits per heavy atom. The fraction of sp³-hybridized carbons (Fsp3) is 0.412. The number of anilines is 1. The lowest BCUT2D eigenvalue weighted by atomic mass is 9.94. The van der Waals surface area contributed by atoms with Gasteiger partial charge in [-0.25, -0.2) is 14.8 Å². The number of pyridine rings is 1. The van der Waals surface area contributed by atoms with Gasteiger partial charge in [0.25, 0.3) is 0 Å². The number of nitrogens with two attached hydrogens (primary N) is 1. The van der Waals surface area contributed by atoms with E-state index in [1.807, 2.05) is 18.2 Å². The van der Waals surface area contributed by atoms with Crippen LogP contribution in [0.2, 0.25) is 0 Å². The van der Waals surface area contributed by atoms with Gasteiger partial charge in [0.15, 0.2) is 5.82 Å². The molecule has 1 aliphatic rings. The minimum atomic E-state index is -0.698. The Bertz CT molecular complexity index is 672. The number of carbonyl (C=O) groups excluding carboxylic acids is 1. The molecule has 2 aromatic rings. The van der Waals surface area contributed by atoms with Crippen molar-refractivity contribution in [1.29, 1.82) is 0 Å². The lowest BCUT2D eigenvalue weighted by Crippen LogP contribution is -2.34. The van der Waals surface area contributed by atoms with E-state index >= 15 is 0 Å². The van der Waals surface area contributed by atoms with E-state index in [4.69, 9.17) is 10.5 Å². The predicted octanol–water partition coefficient (Wildman–Crippen LogP) is 2.24. The molecule has 1 saturated heterocycles. The normalized spacial score (nSPS) is 15.2. The van der Waals surface area contributed by atoms with Crippen molar-refractivity contribution in [3.8, 4) is 11.4 Å². The molecule has 0 bridgehead atoms. The summed E-state index contributed by atoms with van der Waals surface area (Å²) in [6.45, 7) is 2.27. The Labute approximate surface area is 140 Å². The Balaban J connectivity index is 1.58. The number of ether oxygens (including phenoxy) is 1. The fourth-order valence-electron chi connectivity index (χ4n) is 2.94. The molecule has 1 aliphatic heterocycles. The number of hydrogen-bond donors (Lipinski definition) is 1. The van der Waals surface area contributed by atoms with Crippen molar-refractivity contribution < 1.29 is 9.53 Å². The molecule has 3 rings (SSSR count). The summed E-state index contributed by atoms with van der Waals surface area (Å²) in [5.41, 5.74) is 5.89. The summed E-state index contributed by atoms with van der Waals surface area (Å²) in [5, 5.41) is 0. The first-order valence-electron chi connectivity index (χ1n) is 8.13. The molecular formula is C17H21N5O2. The van der Waals surface area contributed by atoms with Gasteiger partial charge in [-0.1, -0.05) is 0 Å². The summed E-state index contributed by atoms with van der Waals surface area (Å²) >= 11 is 0. The first kappa shape index (κ1) is 16.2. The van der Waals surface area contributed by atoms with Crippen molar-refractivity contribution >= 4 is 11.9 Å².